The molecule has 6 aromatic heterocycles. The van der Waals surface area contributed by atoms with E-state index >= 15 is 0 Å². The van der Waals surface area contributed by atoms with E-state index in [4.69, 9.17) is 37.9 Å². The number of aromatic nitrogens is 9. The van der Waals surface area contributed by atoms with Crippen LogP contribution in [0.5, 0.6) is 17.2 Å². The Morgan fingerprint density at radius 2 is 0.838 bits per heavy atom. The average molecular weight is 1620 g/mol. The largest absolute Gasteiger partial charge is 0.497 e. The van der Waals surface area contributed by atoms with Crippen molar-refractivity contribution in [2.24, 2.45) is 0 Å². The highest BCUT2D eigenvalue weighted by Crippen LogP contribution is 2.43. The van der Waals surface area contributed by atoms with E-state index < -0.39 is 94.1 Å². The minimum absolute atomic E-state index is 0.0548. The van der Waals surface area contributed by atoms with E-state index in [0.29, 0.717) is 129 Å². The average Bonchev–Trinajstić information content (AvgIpc) is 1.70. The van der Waals surface area contributed by atoms with Crippen LogP contribution in [0.2, 0.25) is 0 Å². The van der Waals surface area contributed by atoms with Crippen molar-refractivity contribution >= 4 is 98.2 Å². The summed E-state index contributed by atoms with van der Waals surface area (Å²) in [7, 11) is 4.74. The molecule has 117 heavy (non-hydrogen) atoms. The fourth-order valence-corrected chi connectivity index (χ4v) is 15.1. The summed E-state index contributed by atoms with van der Waals surface area (Å²) in [5.74, 6) is 0.246. The Kier molecular flexibility index (Phi) is 26.2. The van der Waals surface area contributed by atoms with Gasteiger partial charge < -0.3 is 74.1 Å². The van der Waals surface area contributed by atoms with Gasteiger partial charge in [0.05, 0.1) is 91.8 Å². The number of H-pyrrole nitrogens is 1. The molecule has 0 radical (unpaired) electrons. The normalized spacial score (nSPS) is 20.7. The van der Waals surface area contributed by atoms with Crippen molar-refractivity contribution in [3.05, 3.63) is 144 Å². The van der Waals surface area contributed by atoms with Crippen LogP contribution in [0.3, 0.4) is 0 Å². The first kappa shape index (κ1) is 84.7. The maximum absolute atomic E-state index is 14.8. The SMILES string of the molecule is CC(C)(C)OC(=O)n1ncc2nc(NC(=O)[C@H]3C[C@@H](F)CN3)ccc21.COc1ccc(C2(C(=O)N3C[C@H](F)C[C@@H]3C(=O)Nc3ccc4[nH]ncc4n3)CCOCC2)cc1.COc1ccc(C2(C(=O)N3C[C@H](F)C[C@@H]3C(=O)Nc3ccc4c(cnn4C(=O)OC(C)(C)C)n3)CCOCC2)cc1.COc1ccc(C2(C(=O)O)CCOCC2)cc1. The van der Waals surface area contributed by atoms with E-state index in [0.717, 1.165) is 37.3 Å². The van der Waals surface area contributed by atoms with Crippen LogP contribution in [0.25, 0.3) is 33.1 Å². The first-order valence-electron chi connectivity index (χ1n) is 38.5. The molecule has 32 nitrogen and oxygen atoms in total. The molecule has 6 N–H and O–H groups in total. The summed E-state index contributed by atoms with van der Waals surface area (Å²) >= 11 is 0. The Morgan fingerprint density at radius 3 is 1.21 bits per heavy atom. The number of fused-ring (bicyclic) bond motifs is 3. The third kappa shape index (κ3) is 19.6. The number of rotatable bonds is 15. The van der Waals surface area contributed by atoms with Gasteiger partial charge in [0.15, 0.2) is 0 Å². The lowest BCUT2D eigenvalue weighted by Gasteiger charge is -2.40. The van der Waals surface area contributed by atoms with Crippen molar-refractivity contribution in [2.45, 2.75) is 163 Å². The zero-order valence-electron chi connectivity index (χ0n) is 66.4. The number of alkyl halides is 3. The Bertz CT molecular complexity index is 5030. The number of aromatic amines is 1. The molecule has 0 bridgehead atoms. The van der Waals surface area contributed by atoms with Crippen LogP contribution in [0.1, 0.15) is 116 Å². The van der Waals surface area contributed by atoms with E-state index in [-0.39, 0.29) is 62.4 Å². The minimum atomic E-state index is -1.34. The number of amides is 5. The number of carboxylic acids is 1. The van der Waals surface area contributed by atoms with Gasteiger partial charge in [0.2, 0.25) is 29.5 Å². The molecule has 0 aliphatic carbocycles. The number of hydrogen-bond donors (Lipinski definition) is 6. The number of benzene rings is 3. The summed E-state index contributed by atoms with van der Waals surface area (Å²) in [6.45, 7) is 13.0. The topological polar surface area (TPSA) is 388 Å². The summed E-state index contributed by atoms with van der Waals surface area (Å²) in [6.07, 6.45) is 2.22. The number of nitrogens with zero attached hydrogens (tertiary/aromatic N) is 10. The summed E-state index contributed by atoms with van der Waals surface area (Å²) < 4.78 is 87.4. The molecule has 3 aromatic carbocycles. The number of halogens is 3. The highest BCUT2D eigenvalue weighted by Gasteiger charge is 2.52. The van der Waals surface area contributed by atoms with Crippen LogP contribution in [-0.2, 0) is 68.7 Å². The monoisotopic (exact) mass is 1620 g/mol. The molecule has 12 heterocycles. The van der Waals surface area contributed by atoms with Gasteiger partial charge in [-0.25, -0.2) is 37.7 Å². The fraction of sp³-hybridized carbons (Fsp3) is 0.463. The van der Waals surface area contributed by atoms with E-state index in [1.54, 1.807) is 124 Å². The quantitative estimate of drug-likeness (QED) is 0.0555. The van der Waals surface area contributed by atoms with Crippen molar-refractivity contribution in [3.8, 4) is 17.2 Å². The lowest BCUT2D eigenvalue weighted by atomic mass is 9.72. The molecular formula is C82H96F3N15O17. The van der Waals surface area contributed by atoms with E-state index in [1.807, 2.05) is 48.5 Å². The molecule has 6 atom stereocenters. The minimum Gasteiger partial charge on any atom is -0.497 e. The smallest absolute Gasteiger partial charge is 0.435 e. The molecule has 0 saturated carbocycles. The highest BCUT2D eigenvalue weighted by atomic mass is 19.1. The summed E-state index contributed by atoms with van der Waals surface area (Å²) in [6, 6.07) is 29.1. The zero-order valence-corrected chi connectivity index (χ0v) is 66.4. The van der Waals surface area contributed by atoms with Crippen LogP contribution >= 0.6 is 0 Å². The van der Waals surface area contributed by atoms with Crippen molar-refractivity contribution < 1.29 is 94.5 Å². The van der Waals surface area contributed by atoms with E-state index in [1.165, 1.54) is 28.3 Å². The van der Waals surface area contributed by atoms with Crippen LogP contribution in [0.4, 0.5) is 40.2 Å². The number of ether oxygens (including phenoxy) is 8. The third-order valence-electron chi connectivity index (χ3n) is 21.3. The van der Waals surface area contributed by atoms with Crippen molar-refractivity contribution in [3.63, 3.8) is 0 Å². The number of carbonyl (C=O) groups excluding carboxylic acids is 7. The van der Waals surface area contributed by atoms with Gasteiger partial charge in [-0.15, -0.1) is 0 Å². The second-order valence-electron chi connectivity index (χ2n) is 31.2. The number of carbonyl (C=O) groups is 8. The molecule has 6 aliphatic heterocycles. The molecule has 15 rings (SSSR count). The molecule has 0 spiro atoms. The number of pyridine rings is 3. The van der Waals surface area contributed by atoms with Gasteiger partial charge in [0.25, 0.3) is 0 Å². The number of methoxy groups -OCH3 is 3. The maximum atomic E-state index is 14.8. The van der Waals surface area contributed by atoms with Gasteiger partial charge in [-0.05, 0) is 170 Å². The van der Waals surface area contributed by atoms with Crippen LogP contribution < -0.4 is 35.5 Å². The Balaban J connectivity index is 0.000000150. The van der Waals surface area contributed by atoms with Crippen molar-refractivity contribution in [2.75, 3.05) is 96.6 Å². The standard InChI is InChI=1S/C29H34FN5O6.C24H26FN5O4.C16H20FN5O3.C13H16O4/c1-28(2,3)41-27(38)35-22-9-10-24(32-21(22)16-31-35)33-25(36)23-15-19(30)17-34(23)26(37)29(11-13-40-14-12-29)18-5-7-20(39-4)8-6-18;1-33-17-4-2-15(3-5-17)24(8-10-34-11-9-24)23(32)30-14-16(25)12-20(30)22(31)28-21-7-6-18-19(27-21)13-26-29-18;1-16(2,3)25-15(24)22-12-4-5-13(20-11(12)8-19-22)21-14(23)10-6-9(17)7-18-10;1-16-11-4-2-10(3-5-11)13(12(14)15)6-8-17-9-7-13/h5-10,16,19,23H,11-15,17H2,1-4H3,(H,32,33,36);2-7,13,16,20H,8-12,14H2,1H3,(H,26,29)(H,27,28,31);4-5,8-10,18H,6-7H2,1-3H3,(H,20,21,23);2-5H,6-9H2,1H3,(H,14,15)/t19-,23-;16-,20-;9-,10-;/m111./s1. The first-order valence-corrected chi connectivity index (χ1v) is 38.5. The fourth-order valence-electron chi connectivity index (χ4n) is 15.1. The second kappa shape index (κ2) is 36.2. The van der Waals surface area contributed by atoms with Gasteiger partial charge in [0.1, 0.15) is 93.1 Å². The molecule has 9 aromatic rings. The van der Waals surface area contributed by atoms with Crippen molar-refractivity contribution in [1.29, 1.82) is 0 Å². The zero-order chi connectivity index (χ0) is 83.6. The lowest BCUT2D eigenvalue weighted by molar-refractivity contribution is -0.148. The van der Waals surface area contributed by atoms with Crippen LogP contribution in [0, 0.1) is 0 Å². The van der Waals surface area contributed by atoms with E-state index in [2.05, 4.69) is 56.6 Å². The number of anilines is 3. The highest BCUT2D eigenvalue weighted by molar-refractivity contribution is 6.02. The Labute approximate surface area is 671 Å². The van der Waals surface area contributed by atoms with Crippen LogP contribution in [0.15, 0.2) is 128 Å². The second-order valence-corrected chi connectivity index (χ2v) is 31.2. The molecular weight excluding hydrogens is 1520 g/mol. The van der Waals surface area contributed by atoms with Gasteiger partial charge >= 0.3 is 18.2 Å². The van der Waals surface area contributed by atoms with Crippen LogP contribution in [-0.4, -0.2) is 236 Å². The van der Waals surface area contributed by atoms with Gasteiger partial charge in [-0.2, -0.15) is 24.7 Å². The summed E-state index contributed by atoms with van der Waals surface area (Å²) in [5, 5.41) is 35.2. The first-order chi connectivity index (χ1) is 55.9. The molecule has 35 heteroatoms. The summed E-state index contributed by atoms with van der Waals surface area (Å²) in [4.78, 5) is 119. The molecule has 6 saturated heterocycles. The number of likely N-dealkylation sites (tertiary alicyclic amines) is 2. The third-order valence-corrected chi connectivity index (χ3v) is 21.3. The number of carboxylic acid groups (broad SMARTS) is 1. The summed E-state index contributed by atoms with van der Waals surface area (Å²) in [5.41, 5.74) is 1.45. The number of hydrogen-bond acceptors (Lipinski definition) is 23. The van der Waals surface area contributed by atoms with Gasteiger partial charge in [-0.1, -0.05) is 36.4 Å². The predicted molar refractivity (Wildman–Crippen MR) is 421 cm³/mol. The maximum Gasteiger partial charge on any atom is 0.435 e. The van der Waals surface area contributed by atoms with E-state index in [9.17, 15) is 56.6 Å². The van der Waals surface area contributed by atoms with Gasteiger partial charge in [0, 0.05) is 65.4 Å². The van der Waals surface area contributed by atoms with Crippen molar-refractivity contribution in [1.82, 2.24) is 59.8 Å². The molecule has 0 unspecified atom stereocenters. The predicted octanol–water partition coefficient (Wildman–Crippen LogP) is 10.1. The molecule has 622 valence electrons. The molecule has 5 amide bonds. The van der Waals surface area contributed by atoms with Gasteiger partial charge in [-0.3, -0.25) is 33.9 Å². The molecule has 6 fully saturated rings. The number of nitrogens with one attached hydrogen (secondary N) is 5. The Morgan fingerprint density at radius 1 is 0.470 bits per heavy atom. The Hall–Kier alpha value is -11.7. The lowest BCUT2D eigenvalue weighted by Crippen LogP contribution is -2.53. The molecule has 6 aliphatic rings. The number of aliphatic carboxylic acids is 1.